The predicted octanol–water partition coefficient (Wildman–Crippen LogP) is 3.08. The van der Waals surface area contributed by atoms with E-state index in [1.165, 1.54) is 31.9 Å². The Hall–Kier alpha value is -1.03. The first-order valence-electron chi connectivity index (χ1n) is 6.49. The van der Waals surface area contributed by atoms with Crippen LogP contribution in [0.4, 0.5) is 5.69 Å². The van der Waals surface area contributed by atoms with Crippen molar-refractivity contribution in [1.29, 1.82) is 0 Å². The Morgan fingerprint density at radius 1 is 1.22 bits per heavy atom. The Balaban J connectivity index is 1.95. The number of anilines is 1. The number of hydrogen-bond donors (Lipinski definition) is 1. The molecule has 0 saturated heterocycles. The van der Waals surface area contributed by atoms with Crippen molar-refractivity contribution in [3.05, 3.63) is 24.3 Å². The minimum atomic E-state index is -3.09. The van der Waals surface area contributed by atoms with Gasteiger partial charge in [0.15, 0.2) is 9.84 Å². The highest BCUT2D eigenvalue weighted by molar-refractivity contribution is 7.90. The van der Waals surface area contributed by atoms with Crippen molar-refractivity contribution in [2.45, 2.75) is 37.5 Å². The van der Waals surface area contributed by atoms with Crippen molar-refractivity contribution in [2.75, 3.05) is 18.1 Å². The minimum Gasteiger partial charge on any atom is -0.384 e. The van der Waals surface area contributed by atoms with E-state index in [1.54, 1.807) is 12.1 Å². The van der Waals surface area contributed by atoms with Gasteiger partial charge in [0.2, 0.25) is 0 Å². The van der Waals surface area contributed by atoms with Gasteiger partial charge in [0, 0.05) is 18.5 Å². The second-order valence-electron chi connectivity index (χ2n) is 5.40. The summed E-state index contributed by atoms with van der Waals surface area (Å²) < 4.78 is 22.7. The van der Waals surface area contributed by atoms with E-state index in [0.29, 0.717) is 10.3 Å². The van der Waals surface area contributed by atoms with E-state index in [9.17, 15) is 8.42 Å². The molecular formula is C14H21NO2S. The van der Waals surface area contributed by atoms with Crippen molar-refractivity contribution in [2.24, 2.45) is 5.41 Å². The van der Waals surface area contributed by atoms with E-state index in [-0.39, 0.29) is 0 Å². The molecular weight excluding hydrogens is 246 g/mol. The molecule has 2 rings (SSSR count). The number of rotatable bonds is 6. The van der Waals surface area contributed by atoms with Crippen LogP contribution >= 0.6 is 0 Å². The molecule has 1 aromatic rings. The molecule has 4 heteroatoms. The molecule has 0 amide bonds. The molecule has 1 saturated carbocycles. The van der Waals surface area contributed by atoms with Gasteiger partial charge in [-0.1, -0.05) is 13.3 Å². The van der Waals surface area contributed by atoms with Crippen molar-refractivity contribution in [3.63, 3.8) is 0 Å². The zero-order valence-electron chi connectivity index (χ0n) is 11.1. The van der Waals surface area contributed by atoms with Gasteiger partial charge in [-0.05, 0) is 48.9 Å². The van der Waals surface area contributed by atoms with Crippen LogP contribution in [0, 0.1) is 5.41 Å². The van der Waals surface area contributed by atoms with Crippen LogP contribution in [0.2, 0.25) is 0 Å². The molecule has 1 aliphatic carbocycles. The predicted molar refractivity (Wildman–Crippen MR) is 74.6 cm³/mol. The maximum Gasteiger partial charge on any atom is 0.175 e. The number of hydrogen-bond acceptors (Lipinski definition) is 3. The van der Waals surface area contributed by atoms with Gasteiger partial charge >= 0.3 is 0 Å². The van der Waals surface area contributed by atoms with Crippen LogP contribution in [0.15, 0.2) is 29.2 Å². The maximum absolute atomic E-state index is 11.3. The lowest BCUT2D eigenvalue weighted by Gasteiger charge is -2.16. The SMILES string of the molecule is CCCC1(CNc2ccc(S(C)(=O)=O)cc2)CC1. The van der Waals surface area contributed by atoms with E-state index in [4.69, 9.17) is 0 Å². The van der Waals surface area contributed by atoms with Gasteiger partial charge in [-0.15, -0.1) is 0 Å². The standard InChI is InChI=1S/C14H21NO2S/c1-3-8-14(9-10-14)11-15-12-4-6-13(7-5-12)18(2,16)17/h4-7,15H,3,8-11H2,1-2H3. The topological polar surface area (TPSA) is 46.2 Å². The molecule has 3 nitrogen and oxygen atoms in total. The molecule has 0 spiro atoms. The van der Waals surface area contributed by atoms with Gasteiger partial charge in [0.25, 0.3) is 0 Å². The largest absolute Gasteiger partial charge is 0.384 e. The van der Waals surface area contributed by atoms with E-state index in [0.717, 1.165) is 12.2 Å². The Kier molecular flexibility index (Phi) is 3.66. The lowest BCUT2D eigenvalue weighted by molar-refractivity contribution is 0.486. The summed E-state index contributed by atoms with van der Waals surface area (Å²) in [5, 5.41) is 3.42. The van der Waals surface area contributed by atoms with Gasteiger partial charge in [-0.25, -0.2) is 8.42 Å². The molecule has 0 bridgehead atoms. The molecule has 0 radical (unpaired) electrons. The van der Waals surface area contributed by atoms with Crippen molar-refractivity contribution >= 4 is 15.5 Å². The maximum atomic E-state index is 11.3. The second-order valence-corrected chi connectivity index (χ2v) is 7.42. The number of nitrogens with one attached hydrogen (secondary N) is 1. The Morgan fingerprint density at radius 2 is 1.83 bits per heavy atom. The summed E-state index contributed by atoms with van der Waals surface area (Å²) in [4.78, 5) is 0.378. The molecule has 1 N–H and O–H groups in total. The first kappa shape index (κ1) is 13.4. The first-order valence-corrected chi connectivity index (χ1v) is 8.38. The molecule has 0 heterocycles. The molecule has 1 fully saturated rings. The molecule has 1 aliphatic rings. The van der Waals surface area contributed by atoms with Crippen LogP contribution in [-0.4, -0.2) is 21.2 Å². The smallest absolute Gasteiger partial charge is 0.175 e. The lowest BCUT2D eigenvalue weighted by atomic mass is 10.0. The highest BCUT2D eigenvalue weighted by atomic mass is 32.2. The Bertz CT molecular complexity index is 501. The number of sulfone groups is 1. The second kappa shape index (κ2) is 4.92. The minimum absolute atomic E-state index is 0.378. The van der Waals surface area contributed by atoms with Crippen LogP contribution in [0.3, 0.4) is 0 Å². The summed E-state index contributed by atoms with van der Waals surface area (Å²) in [5.74, 6) is 0. The van der Waals surface area contributed by atoms with Crippen LogP contribution in [0.5, 0.6) is 0 Å². The molecule has 100 valence electrons. The van der Waals surface area contributed by atoms with Crippen LogP contribution in [-0.2, 0) is 9.84 Å². The fourth-order valence-corrected chi connectivity index (χ4v) is 2.96. The van der Waals surface area contributed by atoms with E-state index < -0.39 is 9.84 Å². The lowest BCUT2D eigenvalue weighted by Crippen LogP contribution is -2.15. The van der Waals surface area contributed by atoms with Crippen molar-refractivity contribution in [1.82, 2.24) is 0 Å². The quantitative estimate of drug-likeness (QED) is 0.861. The summed E-state index contributed by atoms with van der Waals surface area (Å²) in [6.45, 7) is 3.22. The molecule has 1 aromatic carbocycles. The average Bonchev–Trinajstić information content (AvgIpc) is 3.07. The van der Waals surface area contributed by atoms with E-state index >= 15 is 0 Å². The third kappa shape index (κ3) is 3.25. The van der Waals surface area contributed by atoms with Crippen molar-refractivity contribution < 1.29 is 8.42 Å². The molecule has 18 heavy (non-hydrogen) atoms. The van der Waals surface area contributed by atoms with E-state index in [2.05, 4.69) is 12.2 Å². The molecule has 0 aromatic heterocycles. The Morgan fingerprint density at radius 3 is 2.28 bits per heavy atom. The highest BCUT2D eigenvalue weighted by Crippen LogP contribution is 2.49. The third-order valence-corrected chi connectivity index (χ3v) is 4.82. The van der Waals surface area contributed by atoms with E-state index in [1.807, 2.05) is 12.1 Å². The summed E-state index contributed by atoms with van der Waals surface area (Å²) in [6.07, 6.45) is 6.37. The first-order chi connectivity index (χ1) is 8.45. The van der Waals surface area contributed by atoms with Gasteiger partial charge < -0.3 is 5.32 Å². The fraction of sp³-hybridized carbons (Fsp3) is 0.571. The zero-order valence-corrected chi connectivity index (χ0v) is 11.9. The van der Waals surface area contributed by atoms with Gasteiger partial charge in [-0.3, -0.25) is 0 Å². The summed E-state index contributed by atoms with van der Waals surface area (Å²) >= 11 is 0. The summed E-state index contributed by atoms with van der Waals surface area (Å²) in [5.41, 5.74) is 1.51. The number of benzene rings is 1. The van der Waals surface area contributed by atoms with Crippen LogP contribution in [0.1, 0.15) is 32.6 Å². The van der Waals surface area contributed by atoms with Crippen molar-refractivity contribution in [3.8, 4) is 0 Å². The zero-order chi connectivity index (χ0) is 13.2. The Labute approximate surface area is 110 Å². The fourth-order valence-electron chi connectivity index (χ4n) is 2.33. The molecule has 0 atom stereocenters. The summed E-state index contributed by atoms with van der Waals surface area (Å²) in [7, 11) is -3.09. The molecule has 0 unspecified atom stereocenters. The van der Waals surface area contributed by atoms with Gasteiger partial charge in [-0.2, -0.15) is 0 Å². The normalized spacial score (nSPS) is 17.4. The summed E-state index contributed by atoms with van der Waals surface area (Å²) in [6, 6.07) is 7.02. The molecule has 0 aliphatic heterocycles. The van der Waals surface area contributed by atoms with Crippen LogP contribution < -0.4 is 5.32 Å². The van der Waals surface area contributed by atoms with Gasteiger partial charge in [0.05, 0.1) is 4.90 Å². The highest BCUT2D eigenvalue weighted by Gasteiger charge is 2.40. The monoisotopic (exact) mass is 267 g/mol. The average molecular weight is 267 g/mol. The van der Waals surface area contributed by atoms with Crippen LogP contribution in [0.25, 0.3) is 0 Å². The van der Waals surface area contributed by atoms with Gasteiger partial charge in [0.1, 0.15) is 0 Å². The third-order valence-electron chi connectivity index (χ3n) is 3.69.